The summed E-state index contributed by atoms with van der Waals surface area (Å²) < 4.78 is 19.3. The van der Waals surface area contributed by atoms with Crippen LogP contribution >= 0.6 is 15.9 Å². The number of nitrogen functional groups attached to an aromatic ring is 1. The van der Waals surface area contributed by atoms with E-state index < -0.39 is 11.7 Å². The Morgan fingerprint density at radius 1 is 1.30 bits per heavy atom. The Bertz CT molecular complexity index is 634. The van der Waals surface area contributed by atoms with E-state index in [0.29, 0.717) is 21.3 Å². The van der Waals surface area contributed by atoms with Crippen LogP contribution in [0.3, 0.4) is 0 Å². The quantitative estimate of drug-likeness (QED) is 0.511. The minimum absolute atomic E-state index is 0.131. The highest BCUT2D eigenvalue weighted by Gasteiger charge is 2.11. The van der Waals surface area contributed by atoms with Gasteiger partial charge in [0.2, 0.25) is 0 Å². The first-order chi connectivity index (χ1) is 9.61. The van der Waals surface area contributed by atoms with Crippen molar-refractivity contribution in [2.45, 2.75) is 6.61 Å². The number of carbonyl (C=O) groups excluding carboxylic acids is 1. The maximum atomic E-state index is 13.2. The molecule has 104 valence electrons. The highest BCUT2D eigenvalue weighted by Crippen LogP contribution is 2.26. The third-order valence-electron chi connectivity index (χ3n) is 2.67. The molecule has 4 nitrogen and oxygen atoms in total. The third-order valence-corrected chi connectivity index (χ3v) is 3.32. The van der Waals surface area contributed by atoms with Crippen molar-refractivity contribution in [3.8, 4) is 5.75 Å². The number of rotatable bonds is 4. The van der Waals surface area contributed by atoms with Gasteiger partial charge in [-0.15, -0.1) is 0 Å². The molecule has 6 heteroatoms. The molecule has 0 atom stereocenters. The zero-order chi connectivity index (χ0) is 14.5. The molecule has 2 rings (SSSR count). The summed E-state index contributed by atoms with van der Waals surface area (Å²) in [7, 11) is 0. The van der Waals surface area contributed by atoms with Crippen LogP contribution in [0.5, 0.6) is 5.75 Å². The topological polar surface area (TPSA) is 64.3 Å². The maximum absolute atomic E-state index is 13.2. The van der Waals surface area contributed by atoms with E-state index in [1.807, 2.05) is 0 Å². The minimum atomic E-state index is -0.400. The van der Waals surface area contributed by atoms with Crippen molar-refractivity contribution in [1.29, 1.82) is 0 Å². The standard InChI is InChI=1S/C14H12BrFN2O2/c15-12-6-5-10(16)7-13(12)20-8-9-3-1-2-4-11(9)14(19)18-17/h1-7H,8,17H2,(H,18,19). The normalized spacial score (nSPS) is 10.2. The molecule has 0 spiro atoms. The second-order valence-electron chi connectivity index (χ2n) is 3.99. The highest BCUT2D eigenvalue weighted by molar-refractivity contribution is 9.10. The molecule has 2 aromatic rings. The SMILES string of the molecule is NNC(=O)c1ccccc1COc1cc(F)ccc1Br. The van der Waals surface area contributed by atoms with Gasteiger partial charge in [0.05, 0.1) is 4.47 Å². The van der Waals surface area contributed by atoms with E-state index in [1.165, 1.54) is 12.1 Å². The lowest BCUT2D eigenvalue weighted by Gasteiger charge is -2.11. The second-order valence-corrected chi connectivity index (χ2v) is 4.85. The maximum Gasteiger partial charge on any atom is 0.265 e. The largest absolute Gasteiger partial charge is 0.488 e. The monoisotopic (exact) mass is 338 g/mol. The molecule has 0 fully saturated rings. The van der Waals surface area contributed by atoms with Crippen molar-refractivity contribution in [2.75, 3.05) is 0 Å². The molecule has 0 radical (unpaired) electrons. The zero-order valence-electron chi connectivity index (χ0n) is 10.4. The van der Waals surface area contributed by atoms with Crippen LogP contribution in [-0.4, -0.2) is 5.91 Å². The number of nitrogens with one attached hydrogen (secondary N) is 1. The third kappa shape index (κ3) is 3.34. The average molecular weight is 339 g/mol. The Balaban J connectivity index is 2.19. The Morgan fingerprint density at radius 3 is 2.80 bits per heavy atom. The number of amides is 1. The van der Waals surface area contributed by atoms with Gasteiger partial charge >= 0.3 is 0 Å². The molecule has 2 aromatic carbocycles. The van der Waals surface area contributed by atoms with Crippen molar-refractivity contribution < 1.29 is 13.9 Å². The van der Waals surface area contributed by atoms with Crippen LogP contribution in [-0.2, 0) is 6.61 Å². The number of halogens is 2. The van der Waals surface area contributed by atoms with E-state index in [2.05, 4.69) is 21.4 Å². The fourth-order valence-corrected chi connectivity index (χ4v) is 2.05. The molecule has 1 amide bonds. The first-order valence-corrected chi connectivity index (χ1v) is 6.58. The van der Waals surface area contributed by atoms with Crippen LogP contribution in [0.1, 0.15) is 15.9 Å². The first kappa shape index (κ1) is 14.5. The van der Waals surface area contributed by atoms with Gasteiger partial charge in [0.15, 0.2) is 0 Å². The van der Waals surface area contributed by atoms with Gasteiger partial charge in [0, 0.05) is 17.2 Å². The molecule has 0 unspecified atom stereocenters. The van der Waals surface area contributed by atoms with Crippen LogP contribution < -0.4 is 16.0 Å². The Kier molecular flexibility index (Phi) is 4.70. The number of hydrazine groups is 1. The Labute approximate surface area is 123 Å². The predicted octanol–water partition coefficient (Wildman–Crippen LogP) is 2.77. The molecule has 0 bridgehead atoms. The number of nitrogens with two attached hydrogens (primary N) is 1. The average Bonchev–Trinajstić information content (AvgIpc) is 2.47. The van der Waals surface area contributed by atoms with E-state index in [9.17, 15) is 9.18 Å². The lowest BCUT2D eigenvalue weighted by Crippen LogP contribution is -2.30. The Hall–Kier alpha value is -1.92. The van der Waals surface area contributed by atoms with Crippen LogP contribution in [0.2, 0.25) is 0 Å². The molecule has 0 heterocycles. The molecular weight excluding hydrogens is 327 g/mol. The van der Waals surface area contributed by atoms with Crippen molar-refractivity contribution in [2.24, 2.45) is 5.84 Å². The van der Waals surface area contributed by atoms with Gasteiger partial charge in [0.25, 0.3) is 5.91 Å². The van der Waals surface area contributed by atoms with Crippen molar-refractivity contribution >= 4 is 21.8 Å². The highest BCUT2D eigenvalue weighted by atomic mass is 79.9. The molecule has 0 saturated heterocycles. The van der Waals surface area contributed by atoms with Gasteiger partial charge in [-0.05, 0) is 34.1 Å². The second kappa shape index (κ2) is 6.49. The summed E-state index contributed by atoms with van der Waals surface area (Å²) in [6.45, 7) is 0.131. The van der Waals surface area contributed by atoms with Crippen molar-refractivity contribution in [3.63, 3.8) is 0 Å². The van der Waals surface area contributed by atoms with Gasteiger partial charge < -0.3 is 4.74 Å². The smallest absolute Gasteiger partial charge is 0.265 e. The van der Waals surface area contributed by atoms with E-state index in [0.717, 1.165) is 0 Å². The van der Waals surface area contributed by atoms with Gasteiger partial charge in [-0.2, -0.15) is 0 Å². The van der Waals surface area contributed by atoms with E-state index in [1.54, 1.807) is 30.3 Å². The number of hydrogen-bond donors (Lipinski definition) is 2. The fourth-order valence-electron chi connectivity index (χ4n) is 1.69. The molecule has 0 aliphatic heterocycles. The Morgan fingerprint density at radius 2 is 2.05 bits per heavy atom. The number of hydrogen-bond acceptors (Lipinski definition) is 3. The summed E-state index contributed by atoms with van der Waals surface area (Å²) in [5, 5.41) is 0. The molecule has 0 aliphatic carbocycles. The van der Waals surface area contributed by atoms with Gasteiger partial charge in [-0.1, -0.05) is 18.2 Å². The van der Waals surface area contributed by atoms with Crippen LogP contribution in [0, 0.1) is 5.82 Å². The predicted molar refractivity (Wildman–Crippen MR) is 76.5 cm³/mol. The number of ether oxygens (including phenoxy) is 1. The zero-order valence-corrected chi connectivity index (χ0v) is 12.0. The van der Waals surface area contributed by atoms with Crippen LogP contribution in [0.4, 0.5) is 4.39 Å². The molecule has 3 N–H and O–H groups in total. The molecule has 0 aliphatic rings. The molecular formula is C14H12BrFN2O2. The summed E-state index contributed by atoms with van der Waals surface area (Å²) in [6.07, 6.45) is 0. The summed E-state index contributed by atoms with van der Waals surface area (Å²) >= 11 is 3.27. The summed E-state index contributed by atoms with van der Waals surface area (Å²) in [5.41, 5.74) is 3.15. The van der Waals surface area contributed by atoms with E-state index in [-0.39, 0.29) is 6.61 Å². The summed E-state index contributed by atoms with van der Waals surface area (Å²) in [6, 6.07) is 11.1. The molecule has 20 heavy (non-hydrogen) atoms. The van der Waals surface area contributed by atoms with E-state index >= 15 is 0 Å². The summed E-state index contributed by atoms with van der Waals surface area (Å²) in [4.78, 5) is 11.6. The molecule has 0 saturated carbocycles. The minimum Gasteiger partial charge on any atom is -0.488 e. The van der Waals surface area contributed by atoms with Gasteiger partial charge in [-0.25, -0.2) is 10.2 Å². The first-order valence-electron chi connectivity index (χ1n) is 5.78. The van der Waals surface area contributed by atoms with Crippen molar-refractivity contribution in [3.05, 3.63) is 63.9 Å². The number of benzene rings is 2. The van der Waals surface area contributed by atoms with Crippen LogP contribution in [0.15, 0.2) is 46.9 Å². The van der Waals surface area contributed by atoms with Crippen molar-refractivity contribution in [1.82, 2.24) is 5.43 Å². The van der Waals surface area contributed by atoms with E-state index in [4.69, 9.17) is 10.6 Å². The molecule has 0 aromatic heterocycles. The summed E-state index contributed by atoms with van der Waals surface area (Å²) in [5.74, 6) is 4.70. The lowest BCUT2D eigenvalue weighted by molar-refractivity contribution is 0.0951. The van der Waals surface area contributed by atoms with Gasteiger partial charge in [-0.3, -0.25) is 10.2 Å². The number of carbonyl (C=O) groups is 1. The van der Waals surface area contributed by atoms with Crippen LogP contribution in [0.25, 0.3) is 0 Å². The van der Waals surface area contributed by atoms with Gasteiger partial charge in [0.1, 0.15) is 18.2 Å². The lowest BCUT2D eigenvalue weighted by atomic mass is 10.1. The fraction of sp³-hybridized carbons (Fsp3) is 0.0714.